The molecule has 1 fully saturated rings. The number of hydrazone groups is 1. The van der Waals surface area contributed by atoms with Crippen molar-refractivity contribution in [3.05, 3.63) is 0 Å². The smallest absolute Gasteiger partial charge is 0.427 e. The van der Waals surface area contributed by atoms with Gasteiger partial charge in [-0.1, -0.05) is 13.3 Å². The Morgan fingerprint density at radius 3 is 3.08 bits per heavy atom. The number of ether oxygens (including phenoxy) is 1. The minimum absolute atomic E-state index is 0.493. The van der Waals surface area contributed by atoms with E-state index in [9.17, 15) is 4.79 Å². The highest BCUT2D eigenvalue weighted by atomic mass is 16.5. The zero-order valence-corrected chi connectivity index (χ0v) is 8.17. The lowest BCUT2D eigenvalue weighted by Gasteiger charge is -2.01. The van der Waals surface area contributed by atoms with Crippen molar-refractivity contribution in [3.8, 4) is 0 Å². The van der Waals surface area contributed by atoms with Crippen LogP contribution in [-0.2, 0) is 4.74 Å². The third-order valence-corrected chi connectivity index (χ3v) is 2.43. The van der Waals surface area contributed by atoms with Crippen molar-refractivity contribution in [1.82, 2.24) is 5.43 Å². The van der Waals surface area contributed by atoms with Gasteiger partial charge in [0.2, 0.25) is 0 Å². The number of hydrogen-bond acceptors (Lipinski definition) is 3. The molecule has 1 atom stereocenters. The molecule has 0 aromatic carbocycles. The Hall–Kier alpha value is -1.06. The first kappa shape index (κ1) is 10.0. The number of nitrogens with one attached hydrogen (secondary N) is 1. The molecule has 1 saturated carbocycles. The van der Waals surface area contributed by atoms with Gasteiger partial charge in [0, 0.05) is 5.71 Å². The van der Waals surface area contributed by atoms with E-state index in [1.54, 1.807) is 0 Å². The molecule has 0 radical (unpaired) electrons. The maximum absolute atomic E-state index is 10.7. The first-order chi connectivity index (χ1) is 6.26. The maximum atomic E-state index is 10.7. The van der Waals surface area contributed by atoms with Crippen molar-refractivity contribution in [3.63, 3.8) is 0 Å². The van der Waals surface area contributed by atoms with Gasteiger partial charge in [-0.15, -0.1) is 0 Å². The molecule has 74 valence electrons. The van der Waals surface area contributed by atoms with E-state index < -0.39 is 6.09 Å². The number of rotatable bonds is 2. The summed E-state index contributed by atoms with van der Waals surface area (Å²) in [4.78, 5) is 10.7. The predicted molar refractivity (Wildman–Crippen MR) is 50.6 cm³/mol. The second kappa shape index (κ2) is 4.84. The first-order valence-corrected chi connectivity index (χ1v) is 4.65. The zero-order valence-electron chi connectivity index (χ0n) is 8.17. The van der Waals surface area contributed by atoms with Gasteiger partial charge in [0.15, 0.2) is 0 Å². The van der Waals surface area contributed by atoms with Gasteiger partial charge in [-0.2, -0.15) is 5.10 Å². The Balaban J connectivity index is 2.33. The normalized spacial score (nSPS) is 24.8. The Morgan fingerprint density at radius 2 is 2.54 bits per heavy atom. The number of nitrogens with zero attached hydrogens (tertiary/aromatic N) is 1. The van der Waals surface area contributed by atoms with E-state index in [2.05, 4.69) is 22.2 Å². The van der Waals surface area contributed by atoms with Crippen LogP contribution in [-0.4, -0.2) is 18.9 Å². The Bertz CT molecular complexity index is 214. The second-order valence-electron chi connectivity index (χ2n) is 3.30. The average molecular weight is 184 g/mol. The van der Waals surface area contributed by atoms with Crippen LogP contribution in [0.1, 0.15) is 32.6 Å². The van der Waals surface area contributed by atoms with E-state index in [1.165, 1.54) is 20.0 Å². The molecule has 0 saturated heterocycles. The van der Waals surface area contributed by atoms with E-state index in [1.807, 2.05) is 0 Å². The van der Waals surface area contributed by atoms with Crippen LogP contribution in [0.4, 0.5) is 4.79 Å². The van der Waals surface area contributed by atoms with Crippen molar-refractivity contribution in [1.29, 1.82) is 0 Å². The maximum Gasteiger partial charge on any atom is 0.427 e. The lowest BCUT2D eigenvalue weighted by Crippen LogP contribution is -2.18. The number of carbonyl (C=O) groups is 1. The van der Waals surface area contributed by atoms with Crippen LogP contribution in [0.25, 0.3) is 0 Å². The monoisotopic (exact) mass is 184 g/mol. The lowest BCUT2D eigenvalue weighted by molar-refractivity contribution is 0.171. The Kier molecular flexibility index (Phi) is 3.73. The van der Waals surface area contributed by atoms with Crippen LogP contribution >= 0.6 is 0 Å². The first-order valence-electron chi connectivity index (χ1n) is 4.65. The Labute approximate surface area is 78.3 Å². The molecule has 0 aliphatic heterocycles. The quantitative estimate of drug-likeness (QED) is 0.666. The molecule has 1 amide bonds. The van der Waals surface area contributed by atoms with Crippen LogP contribution in [0.15, 0.2) is 5.10 Å². The Morgan fingerprint density at radius 1 is 1.77 bits per heavy atom. The van der Waals surface area contributed by atoms with Crippen molar-refractivity contribution in [2.45, 2.75) is 32.6 Å². The molecule has 13 heavy (non-hydrogen) atoms. The highest BCUT2D eigenvalue weighted by Crippen LogP contribution is 2.25. The molecular formula is C9H16N2O2. The van der Waals surface area contributed by atoms with Crippen LogP contribution in [0, 0.1) is 5.92 Å². The van der Waals surface area contributed by atoms with Gasteiger partial charge in [-0.25, -0.2) is 10.2 Å². The average Bonchev–Trinajstić information content (AvgIpc) is 2.61. The van der Waals surface area contributed by atoms with Crippen LogP contribution in [0.3, 0.4) is 0 Å². The standard InChI is InChI=1S/C9H16N2O2/c1-3-7-4-5-8(6-7)10-11-9(12)13-2/h7H,3-6H2,1-2H3,(H,11,12)/b10-8-. The van der Waals surface area contributed by atoms with Crippen LogP contribution < -0.4 is 5.43 Å². The molecule has 0 spiro atoms. The van der Waals surface area contributed by atoms with Crippen molar-refractivity contribution >= 4 is 11.8 Å². The lowest BCUT2D eigenvalue weighted by atomic mass is 10.1. The second-order valence-corrected chi connectivity index (χ2v) is 3.30. The molecule has 4 nitrogen and oxygen atoms in total. The molecule has 4 heteroatoms. The van der Waals surface area contributed by atoms with Gasteiger partial charge in [0.1, 0.15) is 0 Å². The molecular weight excluding hydrogens is 168 g/mol. The fourth-order valence-electron chi connectivity index (χ4n) is 1.53. The van der Waals surface area contributed by atoms with Crippen LogP contribution in [0.5, 0.6) is 0 Å². The summed E-state index contributed by atoms with van der Waals surface area (Å²) in [5.74, 6) is 0.748. The number of hydrogen-bond donors (Lipinski definition) is 1. The highest BCUT2D eigenvalue weighted by molar-refractivity contribution is 5.87. The molecule has 1 aliphatic carbocycles. The van der Waals surface area contributed by atoms with Gasteiger partial charge in [-0.05, 0) is 25.2 Å². The van der Waals surface area contributed by atoms with Crippen molar-refractivity contribution < 1.29 is 9.53 Å². The molecule has 0 aromatic heterocycles. The summed E-state index contributed by atoms with van der Waals surface area (Å²) in [6, 6.07) is 0. The molecule has 0 aromatic rings. The molecule has 1 unspecified atom stereocenters. The van der Waals surface area contributed by atoms with Crippen molar-refractivity contribution in [2.24, 2.45) is 11.0 Å². The fourth-order valence-corrected chi connectivity index (χ4v) is 1.53. The van der Waals surface area contributed by atoms with Gasteiger partial charge in [0.25, 0.3) is 0 Å². The minimum atomic E-state index is -0.493. The van der Waals surface area contributed by atoms with E-state index in [4.69, 9.17) is 0 Å². The van der Waals surface area contributed by atoms with Gasteiger partial charge < -0.3 is 4.74 Å². The van der Waals surface area contributed by atoms with Crippen molar-refractivity contribution in [2.75, 3.05) is 7.11 Å². The van der Waals surface area contributed by atoms with E-state index >= 15 is 0 Å². The van der Waals surface area contributed by atoms with E-state index in [-0.39, 0.29) is 0 Å². The SMILES string of the molecule is CCC1CC/C(=N/NC(=O)OC)C1. The zero-order chi connectivity index (χ0) is 9.68. The number of methoxy groups -OCH3 is 1. The minimum Gasteiger partial charge on any atom is -0.452 e. The van der Waals surface area contributed by atoms with Gasteiger partial charge in [0.05, 0.1) is 7.11 Å². The third kappa shape index (κ3) is 3.05. The summed E-state index contributed by atoms with van der Waals surface area (Å²) in [6.07, 6.45) is 3.91. The van der Waals surface area contributed by atoms with Crippen LogP contribution in [0.2, 0.25) is 0 Å². The fraction of sp³-hybridized carbons (Fsp3) is 0.778. The summed E-state index contributed by atoms with van der Waals surface area (Å²) in [5, 5.41) is 3.98. The summed E-state index contributed by atoms with van der Waals surface area (Å²) in [7, 11) is 1.33. The molecule has 1 N–H and O–H groups in total. The highest BCUT2D eigenvalue weighted by Gasteiger charge is 2.18. The summed E-state index contributed by atoms with van der Waals surface area (Å²) >= 11 is 0. The van der Waals surface area contributed by atoms with Gasteiger partial charge >= 0.3 is 6.09 Å². The molecule has 0 heterocycles. The topological polar surface area (TPSA) is 50.7 Å². The molecule has 0 bridgehead atoms. The molecule has 1 rings (SSSR count). The predicted octanol–water partition coefficient (Wildman–Crippen LogP) is 1.91. The number of carbonyl (C=O) groups excluding carboxylic acids is 1. The number of amides is 1. The van der Waals surface area contributed by atoms with E-state index in [0.29, 0.717) is 0 Å². The largest absolute Gasteiger partial charge is 0.452 e. The summed E-state index contributed by atoms with van der Waals surface area (Å²) in [5.41, 5.74) is 3.43. The van der Waals surface area contributed by atoms with Gasteiger partial charge in [-0.3, -0.25) is 0 Å². The van der Waals surface area contributed by atoms with E-state index in [0.717, 1.165) is 24.5 Å². The molecule has 1 aliphatic rings. The third-order valence-electron chi connectivity index (χ3n) is 2.43. The summed E-state index contributed by atoms with van der Waals surface area (Å²) in [6.45, 7) is 2.18. The summed E-state index contributed by atoms with van der Waals surface area (Å²) < 4.78 is 4.41.